The zero-order valence-electron chi connectivity index (χ0n) is 13.4. The first-order valence-electron chi connectivity index (χ1n) is 7.76. The average molecular weight is 369 g/mol. The van der Waals surface area contributed by atoms with Crippen LogP contribution in [-0.2, 0) is 0 Å². The smallest absolute Gasteiger partial charge is 0.362 e. The fourth-order valence-corrected chi connectivity index (χ4v) is 2.96. The van der Waals surface area contributed by atoms with Gasteiger partial charge in [-0.3, -0.25) is 0 Å². The number of para-hydroxylation sites is 1. The number of rotatable bonds is 2. The first-order chi connectivity index (χ1) is 12.3. The second kappa shape index (κ2) is 6.24. The number of nitrogens with zero attached hydrogens (tertiary/aromatic N) is 1. The zero-order chi connectivity index (χ0) is 16.8. The molecule has 3 heterocycles. The van der Waals surface area contributed by atoms with Crippen LogP contribution in [0, 0.1) is 0 Å². The van der Waals surface area contributed by atoms with Gasteiger partial charge in [-0.05, 0) is 24.3 Å². The molecule has 0 saturated heterocycles. The van der Waals surface area contributed by atoms with Crippen molar-refractivity contribution in [1.82, 2.24) is 9.97 Å². The number of ether oxygens (including phenoxy) is 3. The SMILES string of the molecule is Cl.O=C(Oc1ccc2c(c1)OCO2)c1cc2c(cn1)[nH]c1ccccc12. The summed E-state index contributed by atoms with van der Waals surface area (Å²) in [6.07, 6.45) is 1.64. The van der Waals surface area contributed by atoms with E-state index < -0.39 is 5.97 Å². The molecule has 5 rings (SSSR count). The largest absolute Gasteiger partial charge is 0.454 e. The number of carbonyl (C=O) groups is 1. The number of aromatic nitrogens is 2. The van der Waals surface area contributed by atoms with Gasteiger partial charge in [0.05, 0.1) is 11.7 Å². The van der Waals surface area contributed by atoms with Gasteiger partial charge in [0.1, 0.15) is 11.4 Å². The molecule has 0 bridgehead atoms. The lowest BCUT2D eigenvalue weighted by atomic mass is 10.1. The Balaban J connectivity index is 0.00000168. The minimum Gasteiger partial charge on any atom is -0.454 e. The summed E-state index contributed by atoms with van der Waals surface area (Å²) in [5, 5.41) is 1.97. The van der Waals surface area contributed by atoms with Crippen molar-refractivity contribution in [3.8, 4) is 17.2 Å². The minimum absolute atomic E-state index is 0. The van der Waals surface area contributed by atoms with Gasteiger partial charge in [0.25, 0.3) is 0 Å². The third kappa shape index (κ3) is 2.60. The van der Waals surface area contributed by atoms with Crippen LogP contribution >= 0.6 is 12.4 Å². The van der Waals surface area contributed by atoms with Crippen molar-refractivity contribution in [2.24, 2.45) is 0 Å². The molecule has 2 aromatic carbocycles. The molecular weight excluding hydrogens is 356 g/mol. The van der Waals surface area contributed by atoms with Crippen LogP contribution in [0.5, 0.6) is 17.2 Å². The highest BCUT2D eigenvalue weighted by atomic mass is 35.5. The summed E-state index contributed by atoms with van der Waals surface area (Å²) in [5.74, 6) is 1.06. The first kappa shape index (κ1) is 16.2. The summed E-state index contributed by atoms with van der Waals surface area (Å²) in [4.78, 5) is 19.9. The molecule has 1 N–H and O–H groups in total. The number of aromatic amines is 1. The third-order valence-corrected chi connectivity index (χ3v) is 4.15. The Morgan fingerprint density at radius 3 is 2.77 bits per heavy atom. The van der Waals surface area contributed by atoms with E-state index in [9.17, 15) is 4.79 Å². The number of pyridine rings is 1. The topological polar surface area (TPSA) is 73.4 Å². The number of hydrogen-bond donors (Lipinski definition) is 1. The third-order valence-electron chi connectivity index (χ3n) is 4.15. The van der Waals surface area contributed by atoms with Crippen molar-refractivity contribution in [2.75, 3.05) is 6.79 Å². The van der Waals surface area contributed by atoms with Gasteiger partial charge in [0.15, 0.2) is 11.5 Å². The van der Waals surface area contributed by atoms with Gasteiger partial charge in [-0.15, -0.1) is 12.4 Å². The van der Waals surface area contributed by atoms with Crippen LogP contribution in [0.15, 0.2) is 54.7 Å². The summed E-state index contributed by atoms with van der Waals surface area (Å²) in [5.41, 5.74) is 2.12. The lowest BCUT2D eigenvalue weighted by molar-refractivity contribution is 0.0728. The van der Waals surface area contributed by atoms with E-state index in [1.54, 1.807) is 30.5 Å². The predicted molar refractivity (Wildman–Crippen MR) is 98.4 cm³/mol. The number of H-pyrrole nitrogens is 1. The summed E-state index contributed by atoms with van der Waals surface area (Å²) in [6, 6.07) is 14.6. The van der Waals surface area contributed by atoms with Gasteiger partial charge >= 0.3 is 5.97 Å². The van der Waals surface area contributed by atoms with E-state index >= 15 is 0 Å². The van der Waals surface area contributed by atoms with Crippen molar-refractivity contribution >= 4 is 40.2 Å². The Kier molecular flexibility index (Phi) is 3.89. The molecule has 0 spiro atoms. The molecule has 0 aliphatic carbocycles. The Bertz CT molecular complexity index is 1140. The zero-order valence-corrected chi connectivity index (χ0v) is 14.2. The van der Waals surface area contributed by atoms with Crippen LogP contribution in [-0.4, -0.2) is 22.7 Å². The van der Waals surface area contributed by atoms with Gasteiger partial charge in [0.2, 0.25) is 6.79 Å². The van der Waals surface area contributed by atoms with Crippen molar-refractivity contribution in [3.05, 3.63) is 60.4 Å². The maximum atomic E-state index is 12.4. The van der Waals surface area contributed by atoms with Crippen molar-refractivity contribution in [1.29, 1.82) is 0 Å². The fourth-order valence-electron chi connectivity index (χ4n) is 2.96. The maximum absolute atomic E-state index is 12.4. The van der Waals surface area contributed by atoms with Gasteiger partial charge in [-0.1, -0.05) is 18.2 Å². The van der Waals surface area contributed by atoms with Crippen molar-refractivity contribution < 1.29 is 19.0 Å². The molecule has 0 fully saturated rings. The molecule has 2 aromatic heterocycles. The molecule has 0 atom stereocenters. The lowest BCUT2D eigenvalue weighted by Gasteiger charge is -2.05. The molecule has 130 valence electrons. The van der Waals surface area contributed by atoms with Crippen LogP contribution < -0.4 is 14.2 Å². The monoisotopic (exact) mass is 368 g/mol. The van der Waals surface area contributed by atoms with E-state index in [4.69, 9.17) is 14.2 Å². The van der Waals surface area contributed by atoms with Gasteiger partial charge in [-0.25, -0.2) is 9.78 Å². The molecule has 1 aliphatic heterocycles. The second-order valence-electron chi connectivity index (χ2n) is 5.69. The predicted octanol–water partition coefficient (Wildman–Crippen LogP) is 4.09. The van der Waals surface area contributed by atoms with E-state index in [1.807, 2.05) is 24.3 Å². The van der Waals surface area contributed by atoms with Gasteiger partial charge in [0, 0.05) is 22.4 Å². The summed E-state index contributed by atoms with van der Waals surface area (Å²) in [7, 11) is 0. The van der Waals surface area contributed by atoms with E-state index in [0.717, 1.165) is 21.8 Å². The number of halogens is 1. The number of hydrogen-bond acceptors (Lipinski definition) is 5. The summed E-state index contributed by atoms with van der Waals surface area (Å²) < 4.78 is 15.9. The lowest BCUT2D eigenvalue weighted by Crippen LogP contribution is -2.10. The molecule has 7 heteroatoms. The number of fused-ring (bicyclic) bond motifs is 4. The number of benzene rings is 2. The van der Waals surface area contributed by atoms with Crippen LogP contribution in [0.2, 0.25) is 0 Å². The second-order valence-corrected chi connectivity index (χ2v) is 5.69. The molecular formula is C19H13ClN2O4. The molecule has 26 heavy (non-hydrogen) atoms. The molecule has 6 nitrogen and oxygen atoms in total. The van der Waals surface area contributed by atoms with E-state index in [-0.39, 0.29) is 24.9 Å². The molecule has 0 saturated carbocycles. The van der Waals surface area contributed by atoms with Gasteiger partial charge < -0.3 is 19.2 Å². The van der Waals surface area contributed by atoms with Crippen molar-refractivity contribution in [3.63, 3.8) is 0 Å². The minimum atomic E-state index is -0.522. The van der Waals surface area contributed by atoms with E-state index in [0.29, 0.717) is 17.2 Å². The average Bonchev–Trinajstić information content (AvgIpc) is 3.24. The Morgan fingerprint density at radius 2 is 1.85 bits per heavy atom. The van der Waals surface area contributed by atoms with Crippen LogP contribution in [0.1, 0.15) is 10.5 Å². The Morgan fingerprint density at radius 1 is 1.00 bits per heavy atom. The highest BCUT2D eigenvalue weighted by Crippen LogP contribution is 2.35. The van der Waals surface area contributed by atoms with Crippen molar-refractivity contribution in [2.45, 2.75) is 0 Å². The highest BCUT2D eigenvalue weighted by molar-refractivity contribution is 6.08. The number of esters is 1. The van der Waals surface area contributed by atoms with E-state index in [1.165, 1.54) is 0 Å². The quantitative estimate of drug-likeness (QED) is 0.426. The Labute approximate surface area is 154 Å². The van der Waals surface area contributed by atoms with Gasteiger partial charge in [-0.2, -0.15) is 0 Å². The van der Waals surface area contributed by atoms with Crippen LogP contribution in [0.4, 0.5) is 0 Å². The standard InChI is InChI=1S/C19H12N2O4.ClH/c22-19(25-11-5-6-17-18(7-11)24-10-23-17)15-8-13-12-3-1-2-4-14(12)21-16(13)9-20-15;/h1-9,21H,10H2;1H. The maximum Gasteiger partial charge on any atom is 0.362 e. The number of nitrogens with one attached hydrogen (secondary N) is 1. The highest BCUT2D eigenvalue weighted by Gasteiger charge is 2.17. The normalized spacial score (nSPS) is 12.2. The number of carbonyl (C=O) groups excluding carboxylic acids is 1. The summed E-state index contributed by atoms with van der Waals surface area (Å²) >= 11 is 0. The van der Waals surface area contributed by atoms with E-state index in [2.05, 4.69) is 9.97 Å². The van der Waals surface area contributed by atoms with Crippen LogP contribution in [0.3, 0.4) is 0 Å². The molecule has 0 radical (unpaired) electrons. The fraction of sp³-hybridized carbons (Fsp3) is 0.0526. The molecule has 0 amide bonds. The Hall–Kier alpha value is -3.25. The molecule has 1 aliphatic rings. The molecule has 0 unspecified atom stereocenters. The van der Waals surface area contributed by atoms with Crippen LogP contribution in [0.25, 0.3) is 21.8 Å². The summed E-state index contributed by atoms with van der Waals surface area (Å²) in [6.45, 7) is 0.172. The first-order valence-corrected chi connectivity index (χ1v) is 7.76. The molecule has 4 aromatic rings.